The summed E-state index contributed by atoms with van der Waals surface area (Å²) in [4.78, 5) is 2.82. The molecule has 1 N–H and O–H groups in total. The molecule has 0 heterocycles. The zero-order chi connectivity index (χ0) is 11.4. The summed E-state index contributed by atoms with van der Waals surface area (Å²) in [6.07, 6.45) is 11.4. The van der Waals surface area contributed by atoms with Crippen molar-refractivity contribution in [1.82, 2.24) is 10.2 Å². The van der Waals surface area contributed by atoms with Crippen LogP contribution in [0.3, 0.4) is 0 Å². The Kier molecular flexibility index (Phi) is 4.66. The lowest BCUT2D eigenvalue weighted by Gasteiger charge is -2.40. The van der Waals surface area contributed by atoms with Gasteiger partial charge >= 0.3 is 0 Å². The van der Waals surface area contributed by atoms with Gasteiger partial charge in [-0.1, -0.05) is 26.2 Å². The van der Waals surface area contributed by atoms with Crippen molar-refractivity contribution in [3.8, 4) is 0 Å². The van der Waals surface area contributed by atoms with E-state index in [1.54, 1.807) is 0 Å². The van der Waals surface area contributed by atoms with Crippen LogP contribution in [0.4, 0.5) is 0 Å². The average molecular weight is 224 g/mol. The van der Waals surface area contributed by atoms with Crippen LogP contribution in [0.5, 0.6) is 0 Å². The summed E-state index contributed by atoms with van der Waals surface area (Å²) in [5.74, 6) is 0. The molecule has 0 amide bonds. The van der Waals surface area contributed by atoms with Gasteiger partial charge in [-0.25, -0.2) is 0 Å². The van der Waals surface area contributed by atoms with Gasteiger partial charge in [0.1, 0.15) is 0 Å². The van der Waals surface area contributed by atoms with Crippen LogP contribution in [-0.2, 0) is 0 Å². The summed E-state index contributed by atoms with van der Waals surface area (Å²) in [7, 11) is 2.12. The van der Waals surface area contributed by atoms with Crippen molar-refractivity contribution in [3.63, 3.8) is 0 Å². The third-order valence-electron chi connectivity index (χ3n) is 4.68. The third-order valence-corrected chi connectivity index (χ3v) is 4.68. The van der Waals surface area contributed by atoms with Crippen molar-refractivity contribution >= 4 is 0 Å². The molecule has 2 atom stereocenters. The van der Waals surface area contributed by atoms with Gasteiger partial charge in [-0.2, -0.15) is 0 Å². The molecule has 2 fully saturated rings. The van der Waals surface area contributed by atoms with Gasteiger partial charge in [0.05, 0.1) is 0 Å². The lowest BCUT2D eigenvalue weighted by Crippen LogP contribution is -2.47. The smallest absolute Gasteiger partial charge is 0.0113 e. The minimum absolute atomic E-state index is 0.772. The van der Waals surface area contributed by atoms with Crippen LogP contribution in [0.2, 0.25) is 0 Å². The quantitative estimate of drug-likeness (QED) is 0.790. The highest BCUT2D eigenvalue weighted by Gasteiger charge is 2.30. The minimum Gasteiger partial charge on any atom is -0.317 e. The van der Waals surface area contributed by atoms with Gasteiger partial charge in [-0.15, -0.1) is 0 Å². The fourth-order valence-corrected chi connectivity index (χ4v) is 3.78. The van der Waals surface area contributed by atoms with E-state index >= 15 is 0 Å². The molecule has 0 bridgehead atoms. The van der Waals surface area contributed by atoms with E-state index in [2.05, 4.69) is 24.2 Å². The summed E-state index contributed by atoms with van der Waals surface area (Å²) in [6, 6.07) is 2.54. The van der Waals surface area contributed by atoms with Crippen LogP contribution >= 0.6 is 0 Å². The number of hydrogen-bond acceptors (Lipinski definition) is 2. The topological polar surface area (TPSA) is 15.3 Å². The highest BCUT2D eigenvalue weighted by Crippen LogP contribution is 2.30. The molecule has 0 aromatic heterocycles. The summed E-state index contributed by atoms with van der Waals surface area (Å²) >= 11 is 0. The number of nitrogens with one attached hydrogen (secondary N) is 1. The van der Waals surface area contributed by atoms with Crippen molar-refractivity contribution < 1.29 is 0 Å². The second-order valence-electron chi connectivity index (χ2n) is 5.57. The number of nitrogens with zero attached hydrogens (tertiary/aromatic N) is 1. The SMILES string of the molecule is CCN(C1CCCC1)C1CCCC(NC)C1. The number of hydrogen-bond donors (Lipinski definition) is 1. The predicted molar refractivity (Wildman–Crippen MR) is 69.7 cm³/mol. The van der Waals surface area contributed by atoms with Gasteiger partial charge in [0.25, 0.3) is 0 Å². The predicted octanol–water partition coefficient (Wildman–Crippen LogP) is 2.78. The zero-order valence-corrected chi connectivity index (χ0v) is 11.0. The van der Waals surface area contributed by atoms with Crippen LogP contribution in [0.1, 0.15) is 58.3 Å². The summed E-state index contributed by atoms with van der Waals surface area (Å²) in [5, 5.41) is 3.48. The second kappa shape index (κ2) is 6.02. The molecule has 16 heavy (non-hydrogen) atoms. The Labute approximate surface area is 101 Å². The van der Waals surface area contributed by atoms with Crippen LogP contribution < -0.4 is 5.32 Å². The second-order valence-corrected chi connectivity index (χ2v) is 5.57. The van der Waals surface area contributed by atoms with Crippen molar-refractivity contribution in [2.24, 2.45) is 0 Å². The Balaban J connectivity index is 1.91. The normalized spacial score (nSPS) is 32.4. The Morgan fingerprint density at radius 3 is 2.31 bits per heavy atom. The first-order chi connectivity index (χ1) is 7.85. The maximum absolute atomic E-state index is 3.48. The Bertz CT molecular complexity index is 199. The largest absolute Gasteiger partial charge is 0.317 e. The Hall–Kier alpha value is -0.0800. The highest BCUT2D eigenvalue weighted by molar-refractivity contribution is 4.87. The molecular formula is C14H28N2. The standard InChI is InChI=1S/C14H28N2/c1-3-16(13-8-4-5-9-13)14-10-6-7-12(11-14)15-2/h12-15H,3-11H2,1-2H3. The molecule has 0 radical (unpaired) electrons. The summed E-state index contributed by atoms with van der Waals surface area (Å²) in [6.45, 7) is 3.60. The first kappa shape index (κ1) is 12.4. The van der Waals surface area contributed by atoms with E-state index in [9.17, 15) is 0 Å². The maximum Gasteiger partial charge on any atom is 0.0113 e. The van der Waals surface area contributed by atoms with Gasteiger partial charge in [-0.05, 0) is 45.7 Å². The molecule has 0 aliphatic heterocycles. The highest BCUT2D eigenvalue weighted by atomic mass is 15.2. The molecule has 0 spiro atoms. The molecule has 2 nitrogen and oxygen atoms in total. The van der Waals surface area contributed by atoms with E-state index in [4.69, 9.17) is 0 Å². The van der Waals surface area contributed by atoms with Gasteiger partial charge in [0.2, 0.25) is 0 Å². The summed E-state index contributed by atoms with van der Waals surface area (Å²) < 4.78 is 0. The average Bonchev–Trinajstić information content (AvgIpc) is 2.84. The first-order valence-corrected chi connectivity index (χ1v) is 7.28. The van der Waals surface area contributed by atoms with Gasteiger partial charge in [-0.3, -0.25) is 4.90 Å². The summed E-state index contributed by atoms with van der Waals surface area (Å²) in [5.41, 5.74) is 0. The fraction of sp³-hybridized carbons (Fsp3) is 1.00. The van der Waals surface area contributed by atoms with Crippen LogP contribution in [0.25, 0.3) is 0 Å². The molecule has 0 aromatic rings. The fourth-order valence-electron chi connectivity index (χ4n) is 3.78. The molecule has 2 aliphatic carbocycles. The van der Waals surface area contributed by atoms with Crippen molar-refractivity contribution in [3.05, 3.63) is 0 Å². The minimum atomic E-state index is 0.772. The Morgan fingerprint density at radius 2 is 1.69 bits per heavy atom. The maximum atomic E-state index is 3.48. The molecule has 2 rings (SSSR count). The van der Waals surface area contributed by atoms with Gasteiger partial charge in [0.15, 0.2) is 0 Å². The number of rotatable bonds is 4. The van der Waals surface area contributed by atoms with E-state index in [0.717, 1.165) is 18.1 Å². The van der Waals surface area contributed by atoms with E-state index in [-0.39, 0.29) is 0 Å². The molecule has 2 unspecified atom stereocenters. The van der Waals surface area contributed by atoms with E-state index < -0.39 is 0 Å². The van der Waals surface area contributed by atoms with Gasteiger partial charge in [0, 0.05) is 18.1 Å². The zero-order valence-electron chi connectivity index (χ0n) is 11.0. The molecule has 2 heteroatoms. The lowest BCUT2D eigenvalue weighted by molar-refractivity contribution is 0.102. The lowest BCUT2D eigenvalue weighted by atomic mass is 9.89. The first-order valence-electron chi connectivity index (χ1n) is 7.28. The monoisotopic (exact) mass is 224 g/mol. The van der Waals surface area contributed by atoms with E-state index in [1.165, 1.54) is 57.9 Å². The van der Waals surface area contributed by atoms with E-state index in [0.29, 0.717) is 0 Å². The molecule has 0 aromatic carbocycles. The van der Waals surface area contributed by atoms with E-state index in [1.807, 2.05) is 0 Å². The van der Waals surface area contributed by atoms with Crippen LogP contribution in [-0.4, -0.2) is 36.6 Å². The molecular weight excluding hydrogens is 196 g/mol. The molecule has 2 aliphatic rings. The van der Waals surface area contributed by atoms with Crippen LogP contribution in [0.15, 0.2) is 0 Å². The van der Waals surface area contributed by atoms with Gasteiger partial charge < -0.3 is 5.32 Å². The van der Waals surface area contributed by atoms with Crippen LogP contribution in [0, 0.1) is 0 Å². The Morgan fingerprint density at radius 1 is 1.00 bits per heavy atom. The van der Waals surface area contributed by atoms with Crippen molar-refractivity contribution in [2.75, 3.05) is 13.6 Å². The molecule has 94 valence electrons. The molecule has 2 saturated carbocycles. The van der Waals surface area contributed by atoms with Crippen molar-refractivity contribution in [2.45, 2.75) is 76.4 Å². The molecule has 0 saturated heterocycles. The third kappa shape index (κ3) is 2.78. The van der Waals surface area contributed by atoms with Crippen molar-refractivity contribution in [1.29, 1.82) is 0 Å².